The van der Waals surface area contributed by atoms with Gasteiger partial charge in [0.1, 0.15) is 5.02 Å². The Morgan fingerprint density at radius 3 is 2.63 bits per heavy atom. The van der Waals surface area contributed by atoms with Gasteiger partial charge in [-0.3, -0.25) is 14.9 Å². The van der Waals surface area contributed by atoms with Crippen molar-refractivity contribution in [1.29, 1.82) is 0 Å². The Kier molecular flexibility index (Phi) is 5.11. The van der Waals surface area contributed by atoms with Gasteiger partial charge in [-0.1, -0.05) is 11.6 Å². The summed E-state index contributed by atoms with van der Waals surface area (Å²) in [5.74, 6) is 0.0122. The van der Waals surface area contributed by atoms with Gasteiger partial charge in [-0.05, 0) is 18.6 Å². The summed E-state index contributed by atoms with van der Waals surface area (Å²) in [6.07, 6.45) is 0.348. The zero-order valence-electron chi connectivity index (χ0n) is 11.1. The third-order valence-corrected chi connectivity index (χ3v) is 2.95. The van der Waals surface area contributed by atoms with Gasteiger partial charge in [-0.25, -0.2) is 0 Å². The average molecular weight is 286 g/mol. The normalized spacial score (nSPS) is 10.1. The largest absolute Gasteiger partial charge is 0.384 e. The highest BCUT2D eigenvalue weighted by molar-refractivity contribution is 6.33. The lowest BCUT2D eigenvalue weighted by Gasteiger charge is -2.12. The summed E-state index contributed by atoms with van der Waals surface area (Å²) in [5.41, 5.74) is 1.30. The predicted octanol–water partition coefficient (Wildman–Crippen LogP) is 2.45. The molecule has 1 amide bonds. The zero-order valence-corrected chi connectivity index (χ0v) is 11.8. The summed E-state index contributed by atoms with van der Waals surface area (Å²) in [6, 6.07) is 2.92. The highest BCUT2D eigenvalue weighted by Crippen LogP contribution is 2.30. The van der Waals surface area contributed by atoms with Crippen molar-refractivity contribution in [2.75, 3.05) is 26.0 Å². The number of hydrogen-bond acceptors (Lipinski definition) is 4. The first-order chi connectivity index (χ1) is 8.82. The molecule has 1 aromatic carbocycles. The first-order valence-electron chi connectivity index (χ1n) is 5.71. The van der Waals surface area contributed by atoms with E-state index >= 15 is 0 Å². The van der Waals surface area contributed by atoms with Crippen LogP contribution in [0.1, 0.15) is 12.0 Å². The van der Waals surface area contributed by atoms with Gasteiger partial charge < -0.3 is 10.2 Å². The fraction of sp³-hybridized carbons (Fsp3) is 0.417. The van der Waals surface area contributed by atoms with Crippen molar-refractivity contribution >= 4 is 28.9 Å². The Morgan fingerprint density at radius 2 is 2.11 bits per heavy atom. The lowest BCUT2D eigenvalue weighted by atomic mass is 10.1. The first-order valence-corrected chi connectivity index (χ1v) is 6.09. The van der Waals surface area contributed by atoms with Crippen LogP contribution in [0.2, 0.25) is 5.02 Å². The molecule has 1 rings (SSSR count). The number of hydrogen-bond donors (Lipinski definition) is 1. The fourth-order valence-electron chi connectivity index (χ4n) is 1.52. The van der Waals surface area contributed by atoms with E-state index < -0.39 is 4.92 Å². The molecule has 104 valence electrons. The summed E-state index contributed by atoms with van der Waals surface area (Å²) >= 11 is 5.83. The Hall–Kier alpha value is -1.82. The number of carbonyl (C=O) groups excluding carboxylic acids is 1. The van der Waals surface area contributed by atoms with E-state index in [9.17, 15) is 14.9 Å². The van der Waals surface area contributed by atoms with Gasteiger partial charge in [0.15, 0.2) is 0 Å². The van der Waals surface area contributed by atoms with Gasteiger partial charge in [-0.15, -0.1) is 0 Å². The summed E-state index contributed by atoms with van der Waals surface area (Å²) in [4.78, 5) is 23.1. The Morgan fingerprint density at radius 1 is 1.47 bits per heavy atom. The molecule has 0 atom stereocenters. The molecule has 0 aliphatic carbocycles. The van der Waals surface area contributed by atoms with Gasteiger partial charge in [0.25, 0.3) is 5.69 Å². The fourth-order valence-corrected chi connectivity index (χ4v) is 1.76. The number of aryl methyl sites for hydroxylation is 1. The van der Waals surface area contributed by atoms with E-state index in [4.69, 9.17) is 11.6 Å². The molecule has 1 aromatic rings. The van der Waals surface area contributed by atoms with E-state index in [1.165, 1.54) is 17.0 Å². The quantitative estimate of drug-likeness (QED) is 0.666. The van der Waals surface area contributed by atoms with Crippen molar-refractivity contribution in [3.05, 3.63) is 32.8 Å². The topological polar surface area (TPSA) is 75.5 Å². The summed E-state index contributed by atoms with van der Waals surface area (Å²) in [6.45, 7) is 2.20. The SMILES string of the molecule is Cc1cc([N+](=O)[O-])c(Cl)cc1NCCC(=O)N(C)C. The van der Waals surface area contributed by atoms with Crippen molar-refractivity contribution in [3.8, 4) is 0 Å². The molecule has 0 spiro atoms. The highest BCUT2D eigenvalue weighted by Gasteiger charge is 2.15. The maximum atomic E-state index is 11.4. The number of benzene rings is 1. The van der Waals surface area contributed by atoms with Gasteiger partial charge >= 0.3 is 0 Å². The van der Waals surface area contributed by atoms with Crippen LogP contribution in [0.3, 0.4) is 0 Å². The molecule has 0 aliphatic heterocycles. The molecule has 7 heteroatoms. The Bertz CT molecular complexity index is 503. The molecule has 19 heavy (non-hydrogen) atoms. The van der Waals surface area contributed by atoms with Gasteiger partial charge in [0.2, 0.25) is 5.91 Å². The maximum absolute atomic E-state index is 11.4. The van der Waals surface area contributed by atoms with Crippen LogP contribution in [0.4, 0.5) is 11.4 Å². The van der Waals surface area contributed by atoms with Crippen LogP contribution in [-0.2, 0) is 4.79 Å². The second kappa shape index (κ2) is 6.38. The Balaban J connectivity index is 2.72. The van der Waals surface area contributed by atoms with Crippen LogP contribution < -0.4 is 5.32 Å². The minimum atomic E-state index is -0.519. The van der Waals surface area contributed by atoms with Gasteiger partial charge in [0, 0.05) is 38.8 Å². The molecule has 0 heterocycles. The molecular weight excluding hydrogens is 270 g/mol. The molecule has 0 aliphatic rings. The number of anilines is 1. The van der Waals surface area contributed by atoms with Crippen molar-refractivity contribution < 1.29 is 9.72 Å². The molecule has 6 nitrogen and oxygen atoms in total. The smallest absolute Gasteiger partial charge is 0.288 e. The third kappa shape index (κ3) is 4.10. The van der Waals surface area contributed by atoms with Gasteiger partial charge in [-0.2, -0.15) is 0 Å². The van der Waals surface area contributed by atoms with Crippen LogP contribution >= 0.6 is 11.6 Å². The van der Waals surface area contributed by atoms with Crippen LogP contribution in [0, 0.1) is 17.0 Å². The summed E-state index contributed by atoms with van der Waals surface area (Å²) < 4.78 is 0. The number of rotatable bonds is 5. The van der Waals surface area contributed by atoms with Crippen LogP contribution in [-0.4, -0.2) is 36.4 Å². The minimum absolute atomic E-state index is 0.0122. The Labute approximate surface area is 116 Å². The summed E-state index contributed by atoms with van der Waals surface area (Å²) in [5, 5.41) is 13.8. The second-order valence-corrected chi connectivity index (χ2v) is 4.75. The van der Waals surface area contributed by atoms with E-state index in [1.54, 1.807) is 21.0 Å². The van der Waals surface area contributed by atoms with Crippen LogP contribution in [0.15, 0.2) is 12.1 Å². The van der Waals surface area contributed by atoms with E-state index in [-0.39, 0.29) is 16.6 Å². The highest BCUT2D eigenvalue weighted by atomic mass is 35.5. The average Bonchev–Trinajstić information content (AvgIpc) is 2.32. The lowest BCUT2D eigenvalue weighted by Crippen LogP contribution is -2.24. The number of carbonyl (C=O) groups is 1. The number of nitro benzene ring substituents is 1. The second-order valence-electron chi connectivity index (χ2n) is 4.34. The van der Waals surface area contributed by atoms with Crippen LogP contribution in [0.5, 0.6) is 0 Å². The molecule has 0 unspecified atom stereocenters. The zero-order chi connectivity index (χ0) is 14.6. The first kappa shape index (κ1) is 15.2. The minimum Gasteiger partial charge on any atom is -0.384 e. The van der Waals surface area contributed by atoms with Crippen molar-refractivity contribution in [2.24, 2.45) is 0 Å². The van der Waals surface area contributed by atoms with Crippen LogP contribution in [0.25, 0.3) is 0 Å². The number of nitrogens with one attached hydrogen (secondary N) is 1. The number of nitrogens with zero attached hydrogens (tertiary/aromatic N) is 2. The molecule has 0 bridgehead atoms. The molecule has 0 saturated heterocycles. The molecular formula is C12H16ClN3O3. The summed E-state index contributed by atoms with van der Waals surface area (Å²) in [7, 11) is 3.38. The lowest BCUT2D eigenvalue weighted by molar-refractivity contribution is -0.384. The number of amides is 1. The standard InChI is InChI=1S/C12H16ClN3O3/c1-8-6-11(16(18)19)9(13)7-10(8)14-5-4-12(17)15(2)3/h6-7,14H,4-5H2,1-3H3. The number of nitro groups is 1. The van der Waals surface area contributed by atoms with Crippen molar-refractivity contribution in [1.82, 2.24) is 4.90 Å². The van der Waals surface area contributed by atoms with Gasteiger partial charge in [0.05, 0.1) is 4.92 Å². The molecule has 0 fully saturated rings. The van der Waals surface area contributed by atoms with E-state index in [0.29, 0.717) is 24.2 Å². The molecule has 0 saturated carbocycles. The molecule has 0 radical (unpaired) electrons. The van der Waals surface area contributed by atoms with E-state index in [2.05, 4.69) is 5.32 Å². The van der Waals surface area contributed by atoms with Crippen molar-refractivity contribution in [2.45, 2.75) is 13.3 Å². The molecule has 1 N–H and O–H groups in total. The van der Waals surface area contributed by atoms with E-state index in [0.717, 1.165) is 0 Å². The monoisotopic (exact) mass is 285 g/mol. The third-order valence-electron chi connectivity index (χ3n) is 2.64. The molecule has 0 aromatic heterocycles. The predicted molar refractivity (Wildman–Crippen MR) is 74.6 cm³/mol. The van der Waals surface area contributed by atoms with E-state index in [1.807, 2.05) is 0 Å². The maximum Gasteiger partial charge on any atom is 0.288 e. The van der Waals surface area contributed by atoms with Crippen molar-refractivity contribution in [3.63, 3.8) is 0 Å². The number of halogens is 1.